The number of carbonyl (C=O) groups excluding carboxylic acids is 1. The monoisotopic (exact) mass is 286 g/mol. The molecule has 1 N–H and O–H groups in total. The van der Waals surface area contributed by atoms with Gasteiger partial charge in [-0.1, -0.05) is 24.1 Å². The molecule has 0 saturated heterocycles. The number of ketones is 1. The molecular formula is C18H22O3. The van der Waals surface area contributed by atoms with Gasteiger partial charge in [0, 0.05) is 18.4 Å². The SMILES string of the molecule is CC(C)(C)O/C(=C\O)CCCC(=O)C#Cc1ccccc1. The van der Waals surface area contributed by atoms with E-state index in [1.54, 1.807) is 0 Å². The summed E-state index contributed by atoms with van der Waals surface area (Å²) in [6.45, 7) is 5.73. The van der Waals surface area contributed by atoms with E-state index in [0.29, 0.717) is 25.0 Å². The minimum atomic E-state index is -0.355. The first kappa shape index (κ1) is 16.8. The third kappa shape index (κ3) is 7.84. The van der Waals surface area contributed by atoms with Crippen molar-refractivity contribution < 1.29 is 14.6 Å². The van der Waals surface area contributed by atoms with Gasteiger partial charge in [-0.3, -0.25) is 4.79 Å². The Labute approximate surface area is 126 Å². The fraction of sp³-hybridized carbons (Fsp3) is 0.389. The zero-order chi connectivity index (χ0) is 15.7. The molecule has 21 heavy (non-hydrogen) atoms. The van der Waals surface area contributed by atoms with Crippen LogP contribution >= 0.6 is 0 Å². The van der Waals surface area contributed by atoms with Gasteiger partial charge in [0.2, 0.25) is 5.78 Å². The molecule has 0 aromatic heterocycles. The van der Waals surface area contributed by atoms with Gasteiger partial charge in [0.25, 0.3) is 0 Å². The maximum absolute atomic E-state index is 11.7. The lowest BCUT2D eigenvalue weighted by Crippen LogP contribution is -2.18. The van der Waals surface area contributed by atoms with E-state index in [1.807, 2.05) is 51.1 Å². The second-order valence-electron chi connectivity index (χ2n) is 5.70. The van der Waals surface area contributed by atoms with Crippen molar-refractivity contribution in [3.63, 3.8) is 0 Å². The highest BCUT2D eigenvalue weighted by atomic mass is 16.5. The number of allylic oxidation sites excluding steroid dienone is 1. The van der Waals surface area contributed by atoms with Crippen LogP contribution in [0, 0.1) is 11.8 Å². The molecule has 0 saturated carbocycles. The van der Waals surface area contributed by atoms with Gasteiger partial charge in [0.15, 0.2) is 0 Å². The van der Waals surface area contributed by atoms with Crippen LogP contribution in [0.25, 0.3) is 0 Å². The van der Waals surface area contributed by atoms with E-state index in [0.717, 1.165) is 11.8 Å². The quantitative estimate of drug-likeness (QED) is 0.657. The molecule has 0 heterocycles. The average molecular weight is 286 g/mol. The van der Waals surface area contributed by atoms with E-state index in [-0.39, 0.29) is 11.4 Å². The number of aliphatic hydroxyl groups excluding tert-OH is 1. The smallest absolute Gasteiger partial charge is 0.205 e. The first-order valence-corrected chi connectivity index (χ1v) is 7.03. The van der Waals surface area contributed by atoms with Gasteiger partial charge in [-0.2, -0.15) is 0 Å². The predicted molar refractivity (Wildman–Crippen MR) is 83.7 cm³/mol. The third-order valence-corrected chi connectivity index (χ3v) is 2.53. The Balaban J connectivity index is 2.39. The number of benzene rings is 1. The first-order valence-electron chi connectivity index (χ1n) is 7.03. The number of rotatable bonds is 5. The molecule has 0 fully saturated rings. The summed E-state index contributed by atoms with van der Waals surface area (Å²) in [5.74, 6) is 5.85. The number of ether oxygens (including phenoxy) is 1. The lowest BCUT2D eigenvalue weighted by molar-refractivity contribution is -0.113. The van der Waals surface area contributed by atoms with E-state index in [4.69, 9.17) is 9.84 Å². The number of Topliss-reactive ketones (excluding diaryl/α,β-unsaturated/α-hetero) is 1. The molecule has 3 heteroatoms. The molecule has 3 nitrogen and oxygen atoms in total. The molecule has 1 aromatic carbocycles. The summed E-state index contributed by atoms with van der Waals surface area (Å²) < 4.78 is 5.56. The minimum Gasteiger partial charge on any atom is -0.512 e. The Kier molecular flexibility index (Phi) is 6.55. The molecule has 1 rings (SSSR count). The van der Waals surface area contributed by atoms with Crippen molar-refractivity contribution in [2.45, 2.75) is 45.6 Å². The predicted octanol–water partition coefficient (Wildman–Crippen LogP) is 3.99. The minimum absolute atomic E-state index is 0.105. The van der Waals surface area contributed by atoms with Gasteiger partial charge in [0.05, 0.1) is 0 Å². The number of carbonyl (C=O) groups is 1. The standard InChI is InChI=1S/C18H22O3/c1-18(2,3)21-17(14-19)11-7-10-16(20)13-12-15-8-5-4-6-9-15/h4-6,8-9,14,19H,7,10-11H2,1-3H3/b17-14-. The average Bonchev–Trinajstić information content (AvgIpc) is 2.44. The van der Waals surface area contributed by atoms with Crippen LogP contribution in [0.1, 0.15) is 45.6 Å². The van der Waals surface area contributed by atoms with Crippen molar-refractivity contribution >= 4 is 5.78 Å². The molecule has 0 aliphatic carbocycles. The molecule has 1 aromatic rings. The highest BCUT2D eigenvalue weighted by molar-refractivity contribution is 5.95. The van der Waals surface area contributed by atoms with Crippen LogP contribution < -0.4 is 0 Å². The van der Waals surface area contributed by atoms with Crippen molar-refractivity contribution in [3.8, 4) is 11.8 Å². The van der Waals surface area contributed by atoms with Gasteiger partial charge >= 0.3 is 0 Å². The van der Waals surface area contributed by atoms with E-state index < -0.39 is 0 Å². The van der Waals surface area contributed by atoms with Crippen LogP contribution in [0.4, 0.5) is 0 Å². The van der Waals surface area contributed by atoms with Crippen molar-refractivity contribution in [2.24, 2.45) is 0 Å². The molecule has 0 aliphatic rings. The topological polar surface area (TPSA) is 46.5 Å². The van der Waals surface area contributed by atoms with Gasteiger partial charge in [0.1, 0.15) is 17.6 Å². The van der Waals surface area contributed by atoms with Crippen LogP contribution in [0.3, 0.4) is 0 Å². The fourth-order valence-corrected chi connectivity index (χ4v) is 1.68. The fourth-order valence-electron chi connectivity index (χ4n) is 1.68. The molecule has 0 amide bonds. The zero-order valence-corrected chi connectivity index (χ0v) is 12.8. The molecule has 0 atom stereocenters. The van der Waals surface area contributed by atoms with E-state index in [2.05, 4.69) is 11.8 Å². The van der Waals surface area contributed by atoms with Gasteiger partial charge in [-0.15, -0.1) is 0 Å². The summed E-state index contributed by atoms with van der Waals surface area (Å²) in [7, 11) is 0. The maximum Gasteiger partial charge on any atom is 0.205 e. The molecule has 0 bridgehead atoms. The van der Waals surface area contributed by atoms with Crippen molar-refractivity contribution in [1.82, 2.24) is 0 Å². The summed E-state index contributed by atoms with van der Waals surface area (Å²) in [5.41, 5.74) is 0.476. The van der Waals surface area contributed by atoms with E-state index >= 15 is 0 Å². The van der Waals surface area contributed by atoms with Crippen molar-refractivity contribution in [3.05, 3.63) is 47.9 Å². The zero-order valence-electron chi connectivity index (χ0n) is 12.8. The van der Waals surface area contributed by atoms with Crippen molar-refractivity contribution in [1.29, 1.82) is 0 Å². The van der Waals surface area contributed by atoms with Crippen LogP contribution in [0.15, 0.2) is 42.4 Å². The lowest BCUT2D eigenvalue weighted by Gasteiger charge is -2.22. The van der Waals surface area contributed by atoms with E-state index in [1.165, 1.54) is 0 Å². The summed E-state index contributed by atoms with van der Waals surface area (Å²) in [4.78, 5) is 11.7. The summed E-state index contributed by atoms with van der Waals surface area (Å²) >= 11 is 0. The third-order valence-electron chi connectivity index (χ3n) is 2.53. The van der Waals surface area contributed by atoms with E-state index in [9.17, 15) is 4.79 Å². The Hall–Kier alpha value is -2.21. The Morgan fingerprint density at radius 2 is 1.90 bits per heavy atom. The van der Waals surface area contributed by atoms with Crippen LogP contribution in [-0.4, -0.2) is 16.5 Å². The molecule has 0 radical (unpaired) electrons. The Bertz CT molecular complexity index is 539. The molecule has 0 aliphatic heterocycles. The van der Waals surface area contributed by atoms with Gasteiger partial charge in [-0.05, 0) is 45.2 Å². The molecular weight excluding hydrogens is 264 g/mol. The lowest BCUT2D eigenvalue weighted by atomic mass is 10.1. The summed E-state index contributed by atoms with van der Waals surface area (Å²) in [6.07, 6.45) is 2.44. The Morgan fingerprint density at radius 1 is 1.24 bits per heavy atom. The summed E-state index contributed by atoms with van der Waals surface area (Å²) in [6, 6.07) is 9.41. The second-order valence-corrected chi connectivity index (χ2v) is 5.70. The summed E-state index contributed by atoms with van der Waals surface area (Å²) in [5, 5.41) is 9.11. The van der Waals surface area contributed by atoms with Crippen molar-refractivity contribution in [2.75, 3.05) is 0 Å². The number of hydrogen-bond donors (Lipinski definition) is 1. The van der Waals surface area contributed by atoms with Gasteiger partial charge < -0.3 is 9.84 Å². The van der Waals surface area contributed by atoms with Crippen LogP contribution in [-0.2, 0) is 9.53 Å². The molecule has 0 spiro atoms. The highest BCUT2D eigenvalue weighted by Gasteiger charge is 2.13. The largest absolute Gasteiger partial charge is 0.512 e. The van der Waals surface area contributed by atoms with Crippen LogP contribution in [0.5, 0.6) is 0 Å². The first-order chi connectivity index (χ1) is 9.90. The van der Waals surface area contributed by atoms with Crippen LogP contribution in [0.2, 0.25) is 0 Å². The second kappa shape index (κ2) is 8.16. The molecule has 0 unspecified atom stereocenters. The normalized spacial score (nSPS) is 11.5. The molecule has 112 valence electrons. The number of aliphatic hydroxyl groups is 1. The number of hydrogen-bond acceptors (Lipinski definition) is 3. The Morgan fingerprint density at radius 3 is 2.48 bits per heavy atom. The van der Waals surface area contributed by atoms with Gasteiger partial charge in [-0.25, -0.2) is 0 Å². The maximum atomic E-state index is 11.7. The highest BCUT2D eigenvalue weighted by Crippen LogP contribution is 2.17.